The molecule has 1 saturated heterocycles. The molecule has 0 aromatic rings. The normalized spacial score (nSPS) is 20.1. The number of halogens is 1. The molecule has 1 rings (SSSR count). The van der Waals surface area contributed by atoms with Gasteiger partial charge in [0.25, 0.3) is 0 Å². The van der Waals surface area contributed by atoms with E-state index in [2.05, 4.69) is 11.8 Å². The van der Waals surface area contributed by atoms with Crippen molar-refractivity contribution in [2.45, 2.75) is 32.6 Å². The third-order valence-electron chi connectivity index (χ3n) is 2.35. The van der Waals surface area contributed by atoms with E-state index in [1.165, 1.54) is 45.3 Å². The topological polar surface area (TPSA) is 12.5 Å². The van der Waals surface area contributed by atoms with Gasteiger partial charge in [0, 0.05) is 26.3 Å². The molecule has 1 fully saturated rings. The molecule has 3 heteroatoms. The van der Waals surface area contributed by atoms with E-state index in [-0.39, 0.29) is 12.4 Å². The first kappa shape index (κ1) is 13.2. The van der Waals surface area contributed by atoms with E-state index in [0.717, 1.165) is 13.2 Å². The zero-order chi connectivity index (χ0) is 8.65. The Labute approximate surface area is 88.0 Å². The van der Waals surface area contributed by atoms with Crippen molar-refractivity contribution in [3.05, 3.63) is 0 Å². The minimum atomic E-state index is 0. The molecule has 1 aliphatic heterocycles. The summed E-state index contributed by atoms with van der Waals surface area (Å²) in [6, 6.07) is 0. The van der Waals surface area contributed by atoms with Gasteiger partial charge in [-0.25, -0.2) is 0 Å². The number of ether oxygens (including phenoxy) is 1. The van der Waals surface area contributed by atoms with E-state index in [0.29, 0.717) is 0 Å². The highest BCUT2D eigenvalue weighted by Gasteiger charge is 2.06. The van der Waals surface area contributed by atoms with Crippen LogP contribution in [0.4, 0.5) is 0 Å². The van der Waals surface area contributed by atoms with E-state index >= 15 is 0 Å². The number of unbranched alkanes of at least 4 members (excludes halogenated alkanes) is 1. The Kier molecular flexibility index (Phi) is 8.93. The highest BCUT2D eigenvalue weighted by molar-refractivity contribution is 5.85. The van der Waals surface area contributed by atoms with Crippen LogP contribution in [0.25, 0.3) is 0 Å². The van der Waals surface area contributed by atoms with E-state index in [1.807, 2.05) is 0 Å². The van der Waals surface area contributed by atoms with Crippen LogP contribution in [-0.4, -0.2) is 37.7 Å². The summed E-state index contributed by atoms with van der Waals surface area (Å²) in [7, 11) is 0. The van der Waals surface area contributed by atoms with Crippen LogP contribution in [0.5, 0.6) is 0 Å². The molecule has 0 unspecified atom stereocenters. The summed E-state index contributed by atoms with van der Waals surface area (Å²) in [5.74, 6) is 0. The fourth-order valence-corrected chi connectivity index (χ4v) is 1.60. The molecule has 0 aromatic heterocycles. The summed E-state index contributed by atoms with van der Waals surface area (Å²) >= 11 is 0. The Morgan fingerprint density at radius 3 is 2.31 bits per heavy atom. The molecule has 0 amide bonds. The van der Waals surface area contributed by atoms with Crippen LogP contribution in [0.15, 0.2) is 0 Å². The highest BCUT2D eigenvalue weighted by Crippen LogP contribution is 2.02. The minimum absolute atomic E-state index is 0. The van der Waals surface area contributed by atoms with Gasteiger partial charge < -0.3 is 9.64 Å². The minimum Gasteiger partial charge on any atom is -0.381 e. The van der Waals surface area contributed by atoms with E-state index < -0.39 is 0 Å². The molecule has 2 nitrogen and oxygen atoms in total. The number of hydrogen-bond acceptors (Lipinski definition) is 2. The van der Waals surface area contributed by atoms with Crippen molar-refractivity contribution >= 4 is 12.4 Å². The molecule has 0 saturated carbocycles. The van der Waals surface area contributed by atoms with Crippen LogP contribution in [0.1, 0.15) is 32.6 Å². The molecule has 0 aliphatic carbocycles. The zero-order valence-corrected chi connectivity index (χ0v) is 9.44. The van der Waals surface area contributed by atoms with Crippen LogP contribution in [-0.2, 0) is 4.74 Å². The van der Waals surface area contributed by atoms with Crippen molar-refractivity contribution in [1.82, 2.24) is 4.90 Å². The molecule has 0 radical (unpaired) electrons. The second kappa shape index (κ2) is 8.79. The van der Waals surface area contributed by atoms with E-state index in [1.54, 1.807) is 0 Å². The van der Waals surface area contributed by atoms with Crippen molar-refractivity contribution in [3.63, 3.8) is 0 Å². The third kappa shape index (κ3) is 6.30. The van der Waals surface area contributed by atoms with Crippen molar-refractivity contribution in [1.29, 1.82) is 0 Å². The van der Waals surface area contributed by atoms with Crippen molar-refractivity contribution < 1.29 is 4.74 Å². The largest absolute Gasteiger partial charge is 0.381 e. The first-order chi connectivity index (χ1) is 5.93. The van der Waals surface area contributed by atoms with E-state index in [4.69, 9.17) is 4.74 Å². The lowest BCUT2D eigenvalue weighted by Crippen LogP contribution is -2.30. The fraction of sp³-hybridized carbons (Fsp3) is 1.00. The predicted molar refractivity (Wildman–Crippen MR) is 58.6 cm³/mol. The summed E-state index contributed by atoms with van der Waals surface area (Å²) in [4.78, 5) is 2.58. The van der Waals surface area contributed by atoms with Crippen LogP contribution < -0.4 is 0 Å². The fourth-order valence-electron chi connectivity index (χ4n) is 1.60. The Balaban J connectivity index is 0.00000144. The SMILES string of the molecule is CCCCN1CCCOCCC1.Cl. The Hall–Kier alpha value is 0.210. The molecule has 1 heterocycles. The second-order valence-electron chi connectivity index (χ2n) is 3.51. The summed E-state index contributed by atoms with van der Waals surface area (Å²) in [6.07, 6.45) is 5.08. The molecule has 0 aromatic carbocycles. The maximum atomic E-state index is 5.40. The maximum absolute atomic E-state index is 5.40. The Bertz CT molecular complexity index is 100. The lowest BCUT2D eigenvalue weighted by Gasteiger charge is -2.24. The van der Waals surface area contributed by atoms with Crippen molar-refractivity contribution in [2.75, 3.05) is 32.8 Å². The van der Waals surface area contributed by atoms with Crippen LogP contribution in [0.3, 0.4) is 0 Å². The number of nitrogens with zero attached hydrogens (tertiary/aromatic N) is 1. The van der Waals surface area contributed by atoms with E-state index in [9.17, 15) is 0 Å². The van der Waals surface area contributed by atoms with Gasteiger partial charge in [-0.2, -0.15) is 0 Å². The van der Waals surface area contributed by atoms with Crippen molar-refractivity contribution in [2.24, 2.45) is 0 Å². The molecular weight excluding hydrogens is 186 g/mol. The quantitative estimate of drug-likeness (QED) is 0.705. The van der Waals surface area contributed by atoms with Gasteiger partial charge in [0.15, 0.2) is 0 Å². The molecule has 0 atom stereocenters. The molecule has 0 N–H and O–H groups in total. The van der Waals surface area contributed by atoms with Gasteiger partial charge in [-0.1, -0.05) is 13.3 Å². The highest BCUT2D eigenvalue weighted by atomic mass is 35.5. The average molecular weight is 208 g/mol. The van der Waals surface area contributed by atoms with Crippen LogP contribution in [0, 0.1) is 0 Å². The lowest BCUT2D eigenvalue weighted by atomic mass is 10.2. The second-order valence-corrected chi connectivity index (χ2v) is 3.51. The molecule has 0 bridgehead atoms. The summed E-state index contributed by atoms with van der Waals surface area (Å²) in [6.45, 7) is 7.94. The molecular formula is C10H22ClNO. The maximum Gasteiger partial charge on any atom is 0.0478 e. The van der Waals surface area contributed by atoms with Crippen LogP contribution in [0.2, 0.25) is 0 Å². The molecule has 0 spiro atoms. The first-order valence-electron chi connectivity index (χ1n) is 5.23. The summed E-state index contributed by atoms with van der Waals surface area (Å²) < 4.78 is 5.40. The average Bonchev–Trinajstić information content (AvgIpc) is 2.02. The zero-order valence-electron chi connectivity index (χ0n) is 8.63. The van der Waals surface area contributed by atoms with Crippen molar-refractivity contribution in [3.8, 4) is 0 Å². The summed E-state index contributed by atoms with van der Waals surface area (Å²) in [5.41, 5.74) is 0. The Morgan fingerprint density at radius 2 is 1.77 bits per heavy atom. The van der Waals surface area contributed by atoms with Gasteiger partial charge in [0.1, 0.15) is 0 Å². The number of hydrogen-bond donors (Lipinski definition) is 0. The first-order valence-corrected chi connectivity index (χ1v) is 5.23. The van der Waals surface area contributed by atoms with Gasteiger partial charge in [0.05, 0.1) is 0 Å². The standard InChI is InChI=1S/C10H21NO.ClH/c1-2-3-6-11-7-4-9-12-10-5-8-11;/h2-10H2,1H3;1H. The van der Waals surface area contributed by atoms with Gasteiger partial charge in [0.2, 0.25) is 0 Å². The third-order valence-corrected chi connectivity index (χ3v) is 2.35. The van der Waals surface area contributed by atoms with Gasteiger partial charge in [-0.15, -0.1) is 12.4 Å². The number of rotatable bonds is 3. The monoisotopic (exact) mass is 207 g/mol. The smallest absolute Gasteiger partial charge is 0.0478 e. The Morgan fingerprint density at radius 1 is 1.15 bits per heavy atom. The van der Waals surface area contributed by atoms with Gasteiger partial charge in [-0.3, -0.25) is 0 Å². The molecule has 80 valence electrons. The van der Waals surface area contributed by atoms with Gasteiger partial charge >= 0.3 is 0 Å². The van der Waals surface area contributed by atoms with Crippen LogP contribution >= 0.6 is 12.4 Å². The lowest BCUT2D eigenvalue weighted by molar-refractivity contribution is 0.0883. The molecule has 1 aliphatic rings. The predicted octanol–water partition coefficient (Wildman–Crippen LogP) is 2.32. The van der Waals surface area contributed by atoms with Gasteiger partial charge in [-0.05, 0) is 25.8 Å². The summed E-state index contributed by atoms with van der Waals surface area (Å²) in [5, 5.41) is 0. The molecule has 13 heavy (non-hydrogen) atoms.